The van der Waals surface area contributed by atoms with Gasteiger partial charge in [0.1, 0.15) is 11.5 Å². The number of rotatable bonds is 7. The Kier molecular flexibility index (Phi) is 6.14. The minimum Gasteiger partial charge on any atom is -0.497 e. The van der Waals surface area contributed by atoms with Gasteiger partial charge in [-0.05, 0) is 45.0 Å². The van der Waals surface area contributed by atoms with Gasteiger partial charge in [-0.25, -0.2) is 8.42 Å². The average molecular weight is 343 g/mol. The van der Waals surface area contributed by atoms with Crippen LogP contribution in [-0.2, 0) is 24.2 Å². The molecule has 0 aliphatic carbocycles. The molecule has 1 aromatic carbocycles. The molecule has 7 nitrogen and oxygen atoms in total. The maximum absolute atomic E-state index is 12.3. The minimum absolute atomic E-state index is 0.0653. The van der Waals surface area contributed by atoms with E-state index in [1.807, 2.05) is 0 Å². The molecule has 23 heavy (non-hydrogen) atoms. The smallest absolute Gasteiger partial charge is 0.326 e. The normalized spacial score (nSPS) is 11.7. The van der Waals surface area contributed by atoms with Crippen LogP contribution in [0.3, 0.4) is 0 Å². The summed E-state index contributed by atoms with van der Waals surface area (Å²) in [5, 5.41) is 2.47. The molecule has 0 heterocycles. The monoisotopic (exact) mass is 343 g/mol. The fraction of sp³-hybridized carbons (Fsp3) is 0.467. The third-order valence-electron chi connectivity index (χ3n) is 3.24. The lowest BCUT2D eigenvalue weighted by Gasteiger charge is -2.22. The summed E-state index contributed by atoms with van der Waals surface area (Å²) in [7, 11) is -2.51. The molecule has 0 unspecified atom stereocenters. The van der Waals surface area contributed by atoms with Gasteiger partial charge in [0.2, 0.25) is 5.91 Å². The van der Waals surface area contributed by atoms with E-state index >= 15 is 0 Å². The number of benzene rings is 1. The molecule has 1 rings (SSSR count). The molecule has 0 saturated carbocycles. The van der Waals surface area contributed by atoms with E-state index in [0.717, 1.165) is 0 Å². The van der Waals surface area contributed by atoms with Crippen LogP contribution >= 0.6 is 0 Å². The summed E-state index contributed by atoms with van der Waals surface area (Å²) in [6.07, 6.45) is 0. The number of methoxy groups -OCH3 is 1. The van der Waals surface area contributed by atoms with E-state index in [1.165, 1.54) is 21.0 Å². The number of carbonyl (C=O) groups is 2. The molecular weight excluding hydrogens is 322 g/mol. The molecule has 128 valence electrons. The van der Waals surface area contributed by atoms with Crippen molar-refractivity contribution in [2.75, 3.05) is 24.8 Å². The molecule has 8 heteroatoms. The third kappa shape index (κ3) is 4.69. The van der Waals surface area contributed by atoms with Crippen LogP contribution in [0.5, 0.6) is 5.75 Å². The molecule has 0 aliphatic heterocycles. The van der Waals surface area contributed by atoms with Gasteiger partial charge in [0.25, 0.3) is 0 Å². The summed E-state index contributed by atoms with van der Waals surface area (Å²) in [5.74, 6) is -1.81. The molecule has 0 bridgehead atoms. The van der Waals surface area contributed by atoms with E-state index in [0.29, 0.717) is 11.4 Å². The van der Waals surface area contributed by atoms with Crippen molar-refractivity contribution in [3.8, 4) is 5.75 Å². The largest absolute Gasteiger partial charge is 0.497 e. The van der Waals surface area contributed by atoms with Crippen molar-refractivity contribution in [2.24, 2.45) is 0 Å². The van der Waals surface area contributed by atoms with Gasteiger partial charge in [0.15, 0.2) is 14.6 Å². The average Bonchev–Trinajstić information content (AvgIpc) is 2.47. The van der Waals surface area contributed by atoms with Crippen molar-refractivity contribution in [1.29, 1.82) is 0 Å². The topological polar surface area (TPSA) is 98.8 Å². The SMILES string of the molecule is CCOC(=O)C(C)(C)S(=O)(=O)CC(=O)Nc1ccc(OC)cc1. The van der Waals surface area contributed by atoms with Crippen molar-refractivity contribution in [3.05, 3.63) is 24.3 Å². The van der Waals surface area contributed by atoms with Crippen molar-refractivity contribution < 1.29 is 27.5 Å². The molecule has 1 N–H and O–H groups in total. The number of ether oxygens (including phenoxy) is 2. The molecule has 1 amide bonds. The highest BCUT2D eigenvalue weighted by Gasteiger charge is 2.44. The Morgan fingerprint density at radius 1 is 1.17 bits per heavy atom. The second kappa shape index (κ2) is 7.45. The fourth-order valence-corrected chi connectivity index (χ4v) is 2.75. The lowest BCUT2D eigenvalue weighted by Crippen LogP contribution is -2.45. The highest BCUT2D eigenvalue weighted by molar-refractivity contribution is 7.94. The van der Waals surface area contributed by atoms with Crippen molar-refractivity contribution in [3.63, 3.8) is 0 Å². The molecule has 0 aliphatic rings. The van der Waals surface area contributed by atoms with Gasteiger partial charge < -0.3 is 14.8 Å². The number of esters is 1. The third-order valence-corrected chi connectivity index (χ3v) is 5.60. The molecule has 0 atom stereocenters. The minimum atomic E-state index is -4.02. The zero-order chi connectivity index (χ0) is 17.7. The summed E-state index contributed by atoms with van der Waals surface area (Å²) < 4.78 is 32.5. The second-order valence-corrected chi connectivity index (χ2v) is 7.81. The van der Waals surface area contributed by atoms with Crippen molar-refractivity contribution in [2.45, 2.75) is 25.5 Å². The maximum atomic E-state index is 12.3. The zero-order valence-electron chi connectivity index (χ0n) is 13.6. The van der Waals surface area contributed by atoms with Crippen LogP contribution in [0.15, 0.2) is 24.3 Å². The summed E-state index contributed by atoms with van der Waals surface area (Å²) in [6.45, 7) is 4.09. The first kappa shape index (κ1) is 19.0. The zero-order valence-corrected chi connectivity index (χ0v) is 14.4. The maximum Gasteiger partial charge on any atom is 0.326 e. The van der Waals surface area contributed by atoms with Gasteiger partial charge in [-0.15, -0.1) is 0 Å². The van der Waals surface area contributed by atoms with Crippen molar-refractivity contribution >= 4 is 27.4 Å². The van der Waals surface area contributed by atoms with Crippen LogP contribution in [-0.4, -0.2) is 44.5 Å². The molecule has 1 aromatic rings. The number of sulfone groups is 1. The summed E-state index contributed by atoms with van der Waals surface area (Å²) in [5.41, 5.74) is 0.431. The van der Waals surface area contributed by atoms with Crippen LogP contribution in [0, 0.1) is 0 Å². The van der Waals surface area contributed by atoms with Crippen LogP contribution in [0.25, 0.3) is 0 Å². The number of carbonyl (C=O) groups excluding carboxylic acids is 2. The van der Waals surface area contributed by atoms with Gasteiger partial charge >= 0.3 is 5.97 Å². The standard InChI is InChI=1S/C15H21NO6S/c1-5-22-14(18)15(2,3)23(19,20)10-13(17)16-11-6-8-12(21-4)9-7-11/h6-9H,5,10H2,1-4H3,(H,16,17). The first-order valence-corrected chi connectivity index (χ1v) is 8.62. The Bertz CT molecular complexity index is 664. The molecule has 0 spiro atoms. The first-order chi connectivity index (χ1) is 10.6. The van der Waals surface area contributed by atoms with Crippen LogP contribution in [0.2, 0.25) is 0 Å². The molecule has 0 radical (unpaired) electrons. The predicted octanol–water partition coefficient (Wildman–Crippen LogP) is 1.39. The number of hydrogen-bond acceptors (Lipinski definition) is 6. The predicted molar refractivity (Wildman–Crippen MR) is 86.1 cm³/mol. The van der Waals surface area contributed by atoms with E-state index < -0.39 is 32.2 Å². The van der Waals surface area contributed by atoms with Crippen LogP contribution < -0.4 is 10.1 Å². The van der Waals surface area contributed by atoms with Gasteiger partial charge in [-0.3, -0.25) is 9.59 Å². The second-order valence-electron chi connectivity index (χ2n) is 5.27. The fourth-order valence-electron chi connectivity index (χ4n) is 1.66. The summed E-state index contributed by atoms with van der Waals surface area (Å²) in [4.78, 5) is 23.7. The van der Waals surface area contributed by atoms with E-state index in [1.54, 1.807) is 31.2 Å². The quantitative estimate of drug-likeness (QED) is 0.751. The number of nitrogens with one attached hydrogen (secondary N) is 1. The highest BCUT2D eigenvalue weighted by atomic mass is 32.2. The van der Waals surface area contributed by atoms with Crippen LogP contribution in [0.1, 0.15) is 20.8 Å². The van der Waals surface area contributed by atoms with Gasteiger partial charge in [-0.1, -0.05) is 0 Å². The molecule has 0 fully saturated rings. The number of hydrogen-bond donors (Lipinski definition) is 1. The Labute approximate surface area is 135 Å². The summed E-state index contributed by atoms with van der Waals surface area (Å²) in [6, 6.07) is 6.43. The van der Waals surface area contributed by atoms with E-state index in [2.05, 4.69) is 5.32 Å². The molecule has 0 saturated heterocycles. The lowest BCUT2D eigenvalue weighted by molar-refractivity contribution is -0.145. The molecular formula is C15H21NO6S. The Morgan fingerprint density at radius 2 is 1.74 bits per heavy atom. The van der Waals surface area contributed by atoms with Crippen LogP contribution in [0.4, 0.5) is 5.69 Å². The number of amides is 1. The molecule has 0 aromatic heterocycles. The summed E-state index contributed by atoms with van der Waals surface area (Å²) >= 11 is 0. The highest BCUT2D eigenvalue weighted by Crippen LogP contribution is 2.20. The van der Waals surface area contributed by atoms with Gasteiger partial charge in [0.05, 0.1) is 13.7 Å². The van der Waals surface area contributed by atoms with E-state index in [4.69, 9.17) is 9.47 Å². The first-order valence-electron chi connectivity index (χ1n) is 6.97. The number of anilines is 1. The van der Waals surface area contributed by atoms with Gasteiger partial charge in [-0.2, -0.15) is 0 Å². The van der Waals surface area contributed by atoms with Gasteiger partial charge in [0, 0.05) is 5.69 Å². The Morgan fingerprint density at radius 3 is 2.22 bits per heavy atom. The lowest BCUT2D eigenvalue weighted by atomic mass is 10.2. The van der Waals surface area contributed by atoms with E-state index in [-0.39, 0.29) is 6.61 Å². The van der Waals surface area contributed by atoms with Crippen molar-refractivity contribution in [1.82, 2.24) is 0 Å². The Hall–Kier alpha value is -2.09. The Balaban J connectivity index is 2.79. The van der Waals surface area contributed by atoms with E-state index in [9.17, 15) is 18.0 Å².